The normalized spacial score (nSPS) is 31.9. The molecule has 6 heteroatoms. The van der Waals surface area contributed by atoms with Crippen LogP contribution < -0.4 is 10.6 Å². The first-order chi connectivity index (χ1) is 7.72. The Morgan fingerprint density at radius 2 is 2.50 bits per heavy atom. The van der Waals surface area contributed by atoms with Gasteiger partial charge in [-0.1, -0.05) is 0 Å². The van der Waals surface area contributed by atoms with E-state index in [0.29, 0.717) is 18.0 Å². The van der Waals surface area contributed by atoms with E-state index in [4.69, 9.17) is 0 Å². The number of hydrogen-bond donors (Lipinski definition) is 2. The van der Waals surface area contributed by atoms with Crippen LogP contribution in [0.2, 0.25) is 0 Å². The molecule has 1 saturated carbocycles. The second kappa shape index (κ2) is 3.85. The minimum Gasteiger partial charge on any atom is -0.333 e. The maximum absolute atomic E-state index is 11.8. The number of carbonyl (C=O) groups excluding carboxylic acids is 1. The van der Waals surface area contributed by atoms with Crippen LogP contribution in [-0.4, -0.2) is 34.4 Å². The fourth-order valence-electron chi connectivity index (χ4n) is 2.65. The number of nitrogens with one attached hydrogen (secondary N) is 2. The molecule has 1 saturated heterocycles. The van der Waals surface area contributed by atoms with Crippen molar-refractivity contribution < 1.29 is 4.79 Å². The molecule has 1 aliphatic heterocycles. The highest BCUT2D eigenvalue weighted by Crippen LogP contribution is 2.31. The van der Waals surface area contributed by atoms with Gasteiger partial charge in [-0.3, -0.25) is 0 Å². The zero-order valence-electron chi connectivity index (χ0n) is 8.69. The number of aromatic nitrogens is 2. The first-order valence-electron chi connectivity index (χ1n) is 5.47. The van der Waals surface area contributed by atoms with E-state index in [1.165, 1.54) is 11.1 Å². The van der Waals surface area contributed by atoms with Gasteiger partial charge in [-0.05, 0) is 34.7 Å². The quantitative estimate of drug-likeness (QED) is 0.808. The van der Waals surface area contributed by atoms with Crippen molar-refractivity contribution in [1.82, 2.24) is 20.4 Å². The van der Waals surface area contributed by atoms with E-state index >= 15 is 0 Å². The second-order valence-electron chi connectivity index (χ2n) is 4.50. The summed E-state index contributed by atoms with van der Waals surface area (Å²) in [4.78, 5) is 11.8. The predicted octanol–water partition coefficient (Wildman–Crippen LogP) is 0.954. The summed E-state index contributed by atoms with van der Waals surface area (Å²) >= 11 is 3.27. The molecule has 5 nitrogen and oxygen atoms in total. The largest absolute Gasteiger partial charge is 0.342 e. The number of hydrogen-bond acceptors (Lipinski definition) is 3. The summed E-state index contributed by atoms with van der Waals surface area (Å²) in [5.74, 6) is 0.591. The Morgan fingerprint density at radius 1 is 1.62 bits per heavy atom. The third-order valence-electron chi connectivity index (χ3n) is 3.43. The predicted molar refractivity (Wildman–Crippen MR) is 62.2 cm³/mol. The number of carbonyl (C=O) groups is 1. The minimum absolute atomic E-state index is 0.136. The Morgan fingerprint density at radius 3 is 3.06 bits per heavy atom. The summed E-state index contributed by atoms with van der Waals surface area (Å²) in [6.07, 6.45) is 5.51. The lowest BCUT2D eigenvalue weighted by atomic mass is 10.0. The van der Waals surface area contributed by atoms with E-state index in [2.05, 4.69) is 31.7 Å². The van der Waals surface area contributed by atoms with Gasteiger partial charge >= 0.3 is 6.03 Å². The molecule has 3 atom stereocenters. The van der Waals surface area contributed by atoms with Gasteiger partial charge in [0.25, 0.3) is 0 Å². The zero-order valence-corrected chi connectivity index (χ0v) is 10.3. The lowest BCUT2D eigenvalue weighted by Crippen LogP contribution is -2.45. The summed E-state index contributed by atoms with van der Waals surface area (Å²) < 4.78 is 2.15. The van der Waals surface area contributed by atoms with Crippen LogP contribution in [0.25, 0.3) is 0 Å². The number of amides is 1. The highest BCUT2D eigenvalue weighted by Gasteiger charge is 2.40. The molecule has 0 aromatic carbocycles. The molecule has 2 bridgehead atoms. The molecule has 2 fully saturated rings. The maximum atomic E-state index is 11.8. The first kappa shape index (κ1) is 10.3. The molecule has 0 spiro atoms. The van der Waals surface area contributed by atoms with Crippen molar-refractivity contribution >= 4 is 22.0 Å². The molecule has 2 aliphatic rings. The van der Waals surface area contributed by atoms with Crippen LogP contribution >= 0.6 is 15.9 Å². The van der Waals surface area contributed by atoms with Crippen LogP contribution in [0.15, 0.2) is 16.9 Å². The molecule has 1 amide bonds. The van der Waals surface area contributed by atoms with Gasteiger partial charge in [-0.25, -0.2) is 4.79 Å². The van der Waals surface area contributed by atoms with Crippen molar-refractivity contribution in [1.29, 1.82) is 0 Å². The average Bonchev–Trinajstić information content (AvgIpc) is 2.92. The zero-order chi connectivity index (χ0) is 11.1. The van der Waals surface area contributed by atoms with Crippen molar-refractivity contribution in [2.45, 2.75) is 24.9 Å². The summed E-state index contributed by atoms with van der Waals surface area (Å²) in [5, 5.41) is 10.4. The molecule has 1 aromatic rings. The Balaban J connectivity index is 1.65. The Bertz CT molecular complexity index is 419. The van der Waals surface area contributed by atoms with Crippen molar-refractivity contribution in [3.63, 3.8) is 0 Å². The first-order valence-corrected chi connectivity index (χ1v) is 6.26. The summed E-state index contributed by atoms with van der Waals surface area (Å²) in [7, 11) is 0. The molecule has 2 heterocycles. The van der Waals surface area contributed by atoms with Crippen molar-refractivity contribution in [3.8, 4) is 0 Å². The molecule has 0 radical (unpaired) electrons. The van der Waals surface area contributed by atoms with Crippen LogP contribution in [0.5, 0.6) is 0 Å². The van der Waals surface area contributed by atoms with Gasteiger partial charge in [0.2, 0.25) is 0 Å². The molecule has 2 N–H and O–H groups in total. The highest BCUT2D eigenvalue weighted by molar-refractivity contribution is 9.10. The summed E-state index contributed by atoms with van der Waals surface area (Å²) in [5.41, 5.74) is 0. The lowest BCUT2D eigenvalue weighted by molar-refractivity contribution is 0.230. The van der Waals surface area contributed by atoms with E-state index < -0.39 is 0 Å². The van der Waals surface area contributed by atoms with Crippen LogP contribution in [0.1, 0.15) is 12.8 Å². The van der Waals surface area contributed by atoms with Gasteiger partial charge in [0, 0.05) is 24.8 Å². The number of rotatable bonds is 1. The molecule has 16 heavy (non-hydrogen) atoms. The monoisotopic (exact) mass is 284 g/mol. The van der Waals surface area contributed by atoms with E-state index in [9.17, 15) is 4.79 Å². The van der Waals surface area contributed by atoms with Gasteiger partial charge in [0.05, 0.1) is 10.7 Å². The van der Waals surface area contributed by atoms with E-state index in [-0.39, 0.29) is 6.03 Å². The molecule has 86 valence electrons. The molecular formula is C10H13BrN4O. The number of piperidine rings is 1. The van der Waals surface area contributed by atoms with E-state index in [0.717, 1.165) is 17.4 Å². The van der Waals surface area contributed by atoms with Crippen LogP contribution in [0, 0.1) is 5.92 Å². The number of nitrogens with zero attached hydrogens (tertiary/aromatic N) is 2. The van der Waals surface area contributed by atoms with Crippen LogP contribution in [0.4, 0.5) is 4.79 Å². The van der Waals surface area contributed by atoms with Gasteiger partial charge in [-0.15, -0.1) is 0 Å². The molecule has 1 aliphatic carbocycles. The smallest absolute Gasteiger partial charge is 0.333 e. The number of halogens is 1. The third kappa shape index (κ3) is 1.76. The van der Waals surface area contributed by atoms with Gasteiger partial charge in [-0.2, -0.15) is 9.78 Å². The van der Waals surface area contributed by atoms with Crippen LogP contribution in [-0.2, 0) is 0 Å². The topological polar surface area (TPSA) is 59.0 Å². The molecular weight excluding hydrogens is 272 g/mol. The van der Waals surface area contributed by atoms with Crippen molar-refractivity contribution in [3.05, 3.63) is 16.9 Å². The standard InChI is InChI=1S/C10H13BrN4O/c11-7-4-13-15(5-7)10(16)14-9-2-8-1-6(9)3-12-8/h4-6,8-9,12H,1-3H2,(H,14,16). The highest BCUT2D eigenvalue weighted by atomic mass is 79.9. The van der Waals surface area contributed by atoms with Crippen LogP contribution in [0.3, 0.4) is 0 Å². The molecule has 3 rings (SSSR count). The third-order valence-corrected chi connectivity index (χ3v) is 3.84. The Labute approximate surface area is 102 Å². The molecule has 1 aromatic heterocycles. The lowest BCUT2D eigenvalue weighted by Gasteiger charge is -2.23. The van der Waals surface area contributed by atoms with Gasteiger partial charge in [0.15, 0.2) is 0 Å². The van der Waals surface area contributed by atoms with Gasteiger partial charge in [0.1, 0.15) is 0 Å². The number of fused-ring (bicyclic) bond motifs is 2. The summed E-state index contributed by atoms with van der Waals surface area (Å²) in [6, 6.07) is 0.768. The summed E-state index contributed by atoms with van der Waals surface area (Å²) in [6.45, 7) is 1.03. The SMILES string of the molecule is O=C(NC1CC2CC1CN2)n1cc(Br)cn1. The maximum Gasteiger partial charge on any atom is 0.342 e. The minimum atomic E-state index is -0.136. The molecule has 3 unspecified atom stereocenters. The van der Waals surface area contributed by atoms with Crippen molar-refractivity contribution in [2.24, 2.45) is 5.92 Å². The van der Waals surface area contributed by atoms with Crippen molar-refractivity contribution in [2.75, 3.05) is 6.54 Å². The average molecular weight is 285 g/mol. The fourth-order valence-corrected chi connectivity index (χ4v) is 2.93. The second-order valence-corrected chi connectivity index (χ2v) is 5.41. The van der Waals surface area contributed by atoms with Gasteiger partial charge < -0.3 is 10.6 Å². The Hall–Kier alpha value is -0.880. The fraction of sp³-hybridized carbons (Fsp3) is 0.600. The Kier molecular flexibility index (Phi) is 2.48. The van der Waals surface area contributed by atoms with E-state index in [1.54, 1.807) is 12.4 Å². The van der Waals surface area contributed by atoms with E-state index in [1.807, 2.05) is 0 Å².